The number of hydrogen-bond acceptors (Lipinski definition) is 2. The zero-order valence-corrected chi connectivity index (χ0v) is 13.8. The van der Waals surface area contributed by atoms with Crippen LogP contribution in [0.5, 0.6) is 0 Å². The standard InChI is InChI=1S/C16H17BrFNO2/c1-10-8-13(17)21-14(10)15(20)19-9-16(2,3)11-6-4-5-7-12(11)18/h4-8H,9H2,1-3H3,(H,19,20). The normalized spacial score (nSPS) is 11.5. The van der Waals surface area contributed by atoms with Crippen molar-refractivity contribution in [2.24, 2.45) is 0 Å². The second-order valence-corrected chi connectivity index (χ2v) is 6.39. The maximum atomic E-state index is 13.9. The molecule has 5 heteroatoms. The van der Waals surface area contributed by atoms with Crippen LogP contribution in [0.25, 0.3) is 0 Å². The second-order valence-electron chi connectivity index (χ2n) is 5.61. The molecule has 3 nitrogen and oxygen atoms in total. The van der Waals surface area contributed by atoms with Crippen molar-refractivity contribution >= 4 is 21.8 Å². The molecule has 1 aromatic carbocycles. The lowest BCUT2D eigenvalue weighted by Crippen LogP contribution is -2.37. The molecule has 0 aliphatic rings. The van der Waals surface area contributed by atoms with E-state index >= 15 is 0 Å². The molecule has 0 atom stereocenters. The topological polar surface area (TPSA) is 42.2 Å². The highest BCUT2D eigenvalue weighted by Gasteiger charge is 2.25. The van der Waals surface area contributed by atoms with Gasteiger partial charge in [0.05, 0.1) is 0 Å². The summed E-state index contributed by atoms with van der Waals surface area (Å²) in [5, 5.41) is 2.80. The van der Waals surface area contributed by atoms with Crippen LogP contribution in [0.1, 0.15) is 35.5 Å². The van der Waals surface area contributed by atoms with Gasteiger partial charge < -0.3 is 9.73 Å². The van der Waals surface area contributed by atoms with Crippen LogP contribution >= 0.6 is 15.9 Å². The van der Waals surface area contributed by atoms with Crippen LogP contribution in [0.15, 0.2) is 39.4 Å². The first-order chi connectivity index (χ1) is 9.81. The highest BCUT2D eigenvalue weighted by atomic mass is 79.9. The fourth-order valence-corrected chi connectivity index (χ4v) is 2.66. The molecular formula is C16H17BrFNO2. The van der Waals surface area contributed by atoms with Gasteiger partial charge in [-0.25, -0.2) is 4.39 Å². The van der Waals surface area contributed by atoms with Crippen LogP contribution in [-0.4, -0.2) is 12.5 Å². The van der Waals surface area contributed by atoms with Gasteiger partial charge in [0, 0.05) is 17.5 Å². The van der Waals surface area contributed by atoms with Gasteiger partial charge in [-0.1, -0.05) is 32.0 Å². The summed E-state index contributed by atoms with van der Waals surface area (Å²) in [6.45, 7) is 5.88. The molecule has 1 N–H and O–H groups in total. The summed E-state index contributed by atoms with van der Waals surface area (Å²) < 4.78 is 19.7. The SMILES string of the molecule is Cc1cc(Br)oc1C(=O)NCC(C)(C)c1ccccc1F. The van der Waals surface area contributed by atoms with Crippen molar-refractivity contribution < 1.29 is 13.6 Å². The molecule has 0 aliphatic heterocycles. The van der Waals surface area contributed by atoms with E-state index in [0.29, 0.717) is 16.8 Å². The third-order valence-corrected chi connectivity index (χ3v) is 3.78. The third kappa shape index (κ3) is 3.53. The molecule has 112 valence electrons. The predicted molar refractivity (Wildman–Crippen MR) is 82.9 cm³/mol. The number of carbonyl (C=O) groups excluding carboxylic acids is 1. The van der Waals surface area contributed by atoms with E-state index in [9.17, 15) is 9.18 Å². The Morgan fingerprint density at radius 2 is 2.05 bits per heavy atom. The molecule has 2 rings (SSSR count). The zero-order chi connectivity index (χ0) is 15.6. The zero-order valence-electron chi connectivity index (χ0n) is 12.2. The molecule has 1 aromatic heterocycles. The number of amides is 1. The van der Waals surface area contributed by atoms with Gasteiger partial charge >= 0.3 is 0 Å². The van der Waals surface area contributed by atoms with Crippen LogP contribution in [0.2, 0.25) is 0 Å². The van der Waals surface area contributed by atoms with Crippen LogP contribution in [0, 0.1) is 12.7 Å². The van der Waals surface area contributed by atoms with Crippen molar-refractivity contribution in [1.29, 1.82) is 0 Å². The molecular weight excluding hydrogens is 337 g/mol. The van der Waals surface area contributed by atoms with E-state index in [1.165, 1.54) is 6.07 Å². The first kappa shape index (κ1) is 15.8. The third-order valence-electron chi connectivity index (χ3n) is 3.39. The summed E-state index contributed by atoms with van der Waals surface area (Å²) >= 11 is 3.19. The Morgan fingerprint density at radius 3 is 2.62 bits per heavy atom. The lowest BCUT2D eigenvalue weighted by atomic mass is 9.84. The lowest BCUT2D eigenvalue weighted by molar-refractivity contribution is 0.0915. The Hall–Kier alpha value is -1.62. The number of halogens is 2. The van der Waals surface area contributed by atoms with Gasteiger partial charge in [0.2, 0.25) is 0 Å². The van der Waals surface area contributed by atoms with E-state index in [0.717, 1.165) is 5.56 Å². The number of benzene rings is 1. The molecule has 0 spiro atoms. The number of aryl methyl sites for hydroxylation is 1. The smallest absolute Gasteiger partial charge is 0.287 e. The van der Waals surface area contributed by atoms with Crippen molar-refractivity contribution in [1.82, 2.24) is 5.32 Å². The summed E-state index contributed by atoms with van der Waals surface area (Å²) in [4.78, 5) is 12.1. The Bertz CT molecular complexity index is 664. The fraction of sp³-hybridized carbons (Fsp3) is 0.312. The van der Waals surface area contributed by atoms with Crippen molar-refractivity contribution in [2.45, 2.75) is 26.2 Å². The van der Waals surface area contributed by atoms with Crippen molar-refractivity contribution in [3.05, 3.63) is 57.7 Å². The molecule has 1 amide bonds. The molecule has 0 fully saturated rings. The predicted octanol–water partition coefficient (Wildman–Crippen LogP) is 4.20. The van der Waals surface area contributed by atoms with Gasteiger partial charge in [-0.3, -0.25) is 4.79 Å². The van der Waals surface area contributed by atoms with Crippen LogP contribution in [-0.2, 0) is 5.41 Å². The molecule has 0 saturated heterocycles. The van der Waals surface area contributed by atoms with Gasteiger partial charge in [0.15, 0.2) is 10.4 Å². The summed E-state index contributed by atoms with van der Waals surface area (Å²) in [5.41, 5.74) is 0.810. The maximum Gasteiger partial charge on any atom is 0.287 e. The molecule has 0 bridgehead atoms. The Morgan fingerprint density at radius 1 is 1.38 bits per heavy atom. The minimum absolute atomic E-state index is 0.270. The number of furan rings is 1. The minimum atomic E-state index is -0.515. The highest BCUT2D eigenvalue weighted by molar-refractivity contribution is 9.10. The Labute approximate surface area is 131 Å². The van der Waals surface area contributed by atoms with E-state index in [2.05, 4.69) is 21.2 Å². The van der Waals surface area contributed by atoms with Gasteiger partial charge in [-0.2, -0.15) is 0 Å². The Kier molecular flexibility index (Phi) is 4.52. The Balaban J connectivity index is 2.10. The van der Waals surface area contributed by atoms with Crippen molar-refractivity contribution in [3.8, 4) is 0 Å². The van der Waals surface area contributed by atoms with Crippen LogP contribution in [0.3, 0.4) is 0 Å². The van der Waals surface area contributed by atoms with Gasteiger partial charge in [0.1, 0.15) is 5.82 Å². The van der Waals surface area contributed by atoms with Crippen LogP contribution in [0.4, 0.5) is 4.39 Å². The number of rotatable bonds is 4. The lowest BCUT2D eigenvalue weighted by Gasteiger charge is -2.25. The second kappa shape index (κ2) is 6.02. The van der Waals surface area contributed by atoms with E-state index < -0.39 is 5.41 Å². The van der Waals surface area contributed by atoms with Crippen molar-refractivity contribution in [3.63, 3.8) is 0 Å². The molecule has 21 heavy (non-hydrogen) atoms. The average Bonchev–Trinajstić information content (AvgIpc) is 2.75. The minimum Gasteiger partial charge on any atom is -0.444 e. The maximum absolute atomic E-state index is 13.9. The van der Waals surface area contributed by atoms with E-state index in [-0.39, 0.29) is 17.5 Å². The monoisotopic (exact) mass is 353 g/mol. The van der Waals surface area contributed by atoms with E-state index in [1.807, 2.05) is 13.8 Å². The first-order valence-corrected chi connectivity index (χ1v) is 7.40. The summed E-state index contributed by atoms with van der Waals surface area (Å²) in [7, 11) is 0. The molecule has 0 aliphatic carbocycles. The largest absolute Gasteiger partial charge is 0.444 e. The highest BCUT2D eigenvalue weighted by Crippen LogP contribution is 2.25. The quantitative estimate of drug-likeness (QED) is 0.894. The average molecular weight is 354 g/mol. The molecule has 1 heterocycles. The van der Waals surface area contributed by atoms with Crippen molar-refractivity contribution in [2.75, 3.05) is 6.54 Å². The summed E-state index contributed by atoms with van der Waals surface area (Å²) in [5.74, 6) is -0.303. The molecule has 2 aromatic rings. The number of carbonyl (C=O) groups is 1. The fourth-order valence-electron chi connectivity index (χ4n) is 2.16. The van der Waals surface area contributed by atoms with Crippen LogP contribution < -0.4 is 5.32 Å². The summed E-state index contributed by atoms with van der Waals surface area (Å²) in [6.07, 6.45) is 0. The molecule has 0 radical (unpaired) electrons. The van der Waals surface area contributed by atoms with E-state index in [4.69, 9.17) is 4.42 Å². The molecule has 0 saturated carbocycles. The van der Waals surface area contributed by atoms with Gasteiger partial charge in [-0.05, 0) is 40.5 Å². The van der Waals surface area contributed by atoms with Gasteiger partial charge in [-0.15, -0.1) is 0 Å². The first-order valence-electron chi connectivity index (χ1n) is 6.60. The molecule has 0 unspecified atom stereocenters. The number of nitrogens with one attached hydrogen (secondary N) is 1. The summed E-state index contributed by atoms with van der Waals surface area (Å²) in [6, 6.07) is 8.33. The van der Waals surface area contributed by atoms with Gasteiger partial charge in [0.25, 0.3) is 5.91 Å². The van der Waals surface area contributed by atoms with E-state index in [1.54, 1.807) is 31.2 Å². The number of hydrogen-bond donors (Lipinski definition) is 1.